The Kier molecular flexibility index (Phi) is 4.80. The zero-order valence-corrected chi connectivity index (χ0v) is 15.9. The summed E-state index contributed by atoms with van der Waals surface area (Å²) in [5, 5.41) is 5.71. The predicted octanol–water partition coefficient (Wildman–Crippen LogP) is 4.57. The van der Waals surface area contributed by atoms with Gasteiger partial charge in [-0.15, -0.1) is 0 Å². The molecule has 1 unspecified atom stereocenters. The van der Waals surface area contributed by atoms with Gasteiger partial charge in [0, 0.05) is 36.4 Å². The Morgan fingerprint density at radius 2 is 1.89 bits per heavy atom. The number of fused-ring (bicyclic) bond motifs is 1. The predicted molar refractivity (Wildman–Crippen MR) is 110 cm³/mol. The minimum Gasteiger partial charge on any atom is -0.381 e. The molecule has 3 aromatic rings. The Labute approximate surface area is 160 Å². The Balaban J connectivity index is 1.48. The first kappa shape index (κ1) is 17.5. The van der Waals surface area contributed by atoms with Gasteiger partial charge in [-0.25, -0.2) is 0 Å². The van der Waals surface area contributed by atoms with E-state index in [1.807, 2.05) is 35.2 Å². The summed E-state index contributed by atoms with van der Waals surface area (Å²) in [6, 6.07) is 16.6. The number of nitrogens with one attached hydrogen (secondary N) is 1. The molecule has 0 saturated carbocycles. The van der Waals surface area contributed by atoms with Gasteiger partial charge in [-0.3, -0.25) is 9.78 Å². The van der Waals surface area contributed by atoms with E-state index in [9.17, 15) is 4.79 Å². The van der Waals surface area contributed by atoms with Crippen LogP contribution in [0, 0.1) is 13.8 Å². The van der Waals surface area contributed by atoms with Crippen molar-refractivity contribution >= 4 is 22.4 Å². The first-order chi connectivity index (χ1) is 13.1. The Hall–Kier alpha value is -2.88. The fraction of sp³-hybridized carbons (Fsp3) is 0.304. The van der Waals surface area contributed by atoms with Crippen LogP contribution >= 0.6 is 0 Å². The zero-order valence-electron chi connectivity index (χ0n) is 15.9. The molecule has 2 heterocycles. The number of aryl methyl sites for hydroxylation is 2. The van der Waals surface area contributed by atoms with E-state index in [2.05, 4.69) is 42.3 Å². The number of nitrogens with zero attached hydrogens (tertiary/aromatic N) is 2. The molecule has 4 heteroatoms. The third-order valence-electron chi connectivity index (χ3n) is 5.44. The van der Waals surface area contributed by atoms with Gasteiger partial charge in [0.25, 0.3) is 5.91 Å². The maximum atomic E-state index is 13.0. The van der Waals surface area contributed by atoms with Crippen molar-refractivity contribution in [2.24, 2.45) is 0 Å². The number of likely N-dealkylation sites (tertiary alicyclic amines) is 1. The highest BCUT2D eigenvalue weighted by Gasteiger charge is 2.25. The van der Waals surface area contributed by atoms with Crippen LogP contribution in [0.25, 0.3) is 10.8 Å². The van der Waals surface area contributed by atoms with E-state index in [1.165, 1.54) is 11.1 Å². The summed E-state index contributed by atoms with van der Waals surface area (Å²) in [6.07, 6.45) is 3.86. The van der Waals surface area contributed by atoms with Crippen molar-refractivity contribution in [3.05, 3.63) is 71.5 Å². The lowest BCUT2D eigenvalue weighted by Gasteiger charge is -2.33. The molecular formula is C23H25N3O. The average molecular weight is 359 g/mol. The summed E-state index contributed by atoms with van der Waals surface area (Å²) in [7, 11) is 0. The van der Waals surface area contributed by atoms with Gasteiger partial charge in [0.15, 0.2) is 0 Å². The van der Waals surface area contributed by atoms with E-state index in [0.29, 0.717) is 12.2 Å². The summed E-state index contributed by atoms with van der Waals surface area (Å²) in [4.78, 5) is 19.3. The third kappa shape index (κ3) is 3.80. The van der Waals surface area contributed by atoms with Crippen LogP contribution in [0.5, 0.6) is 0 Å². The highest BCUT2D eigenvalue weighted by molar-refractivity contribution is 5.96. The zero-order chi connectivity index (χ0) is 18.8. The second-order valence-electron chi connectivity index (χ2n) is 7.45. The first-order valence-electron chi connectivity index (χ1n) is 9.58. The topological polar surface area (TPSA) is 45.2 Å². The molecule has 0 spiro atoms. The van der Waals surface area contributed by atoms with Crippen LogP contribution < -0.4 is 5.32 Å². The van der Waals surface area contributed by atoms with Crippen LogP contribution in [0.3, 0.4) is 0 Å². The highest BCUT2D eigenvalue weighted by atomic mass is 16.2. The number of carbonyl (C=O) groups excluding carboxylic acids is 1. The number of benzene rings is 2. The van der Waals surface area contributed by atoms with Gasteiger partial charge in [-0.1, -0.05) is 30.3 Å². The minimum absolute atomic E-state index is 0.0207. The molecule has 1 aliphatic rings. The fourth-order valence-corrected chi connectivity index (χ4v) is 3.71. The van der Waals surface area contributed by atoms with E-state index >= 15 is 0 Å². The number of hydrogen-bond acceptors (Lipinski definition) is 3. The summed E-state index contributed by atoms with van der Waals surface area (Å²) in [6.45, 7) is 5.75. The number of hydrogen-bond donors (Lipinski definition) is 1. The molecule has 1 saturated heterocycles. The molecule has 1 atom stereocenters. The lowest BCUT2D eigenvalue weighted by molar-refractivity contribution is 0.0709. The van der Waals surface area contributed by atoms with Crippen molar-refractivity contribution in [3.8, 4) is 0 Å². The molecule has 1 aromatic heterocycles. The maximum Gasteiger partial charge on any atom is 0.272 e. The molecule has 138 valence electrons. The summed E-state index contributed by atoms with van der Waals surface area (Å²) >= 11 is 0. The van der Waals surface area contributed by atoms with Crippen molar-refractivity contribution in [1.82, 2.24) is 9.88 Å². The number of anilines is 1. The molecule has 0 radical (unpaired) electrons. The van der Waals surface area contributed by atoms with Crippen LogP contribution in [-0.2, 0) is 0 Å². The van der Waals surface area contributed by atoms with Gasteiger partial charge in [0.05, 0.1) is 0 Å². The number of aromatic nitrogens is 1. The molecular weight excluding hydrogens is 334 g/mol. The van der Waals surface area contributed by atoms with E-state index < -0.39 is 0 Å². The summed E-state index contributed by atoms with van der Waals surface area (Å²) < 4.78 is 0. The van der Waals surface area contributed by atoms with E-state index in [1.54, 1.807) is 6.20 Å². The second kappa shape index (κ2) is 7.39. The van der Waals surface area contributed by atoms with Crippen LogP contribution in [0.4, 0.5) is 5.69 Å². The minimum atomic E-state index is 0.0207. The SMILES string of the molecule is Cc1ccc(NC2CCCN(C(=O)c3cc4ccccc4cn3)C2)cc1C. The van der Waals surface area contributed by atoms with Crippen LogP contribution in [0.2, 0.25) is 0 Å². The number of carbonyl (C=O) groups is 1. The van der Waals surface area contributed by atoms with Crippen molar-refractivity contribution in [2.75, 3.05) is 18.4 Å². The Bertz CT molecular complexity index is 982. The van der Waals surface area contributed by atoms with Gasteiger partial charge < -0.3 is 10.2 Å². The smallest absolute Gasteiger partial charge is 0.272 e. The summed E-state index contributed by atoms with van der Waals surface area (Å²) in [5.74, 6) is 0.0207. The third-order valence-corrected chi connectivity index (χ3v) is 5.44. The van der Waals surface area contributed by atoms with Crippen molar-refractivity contribution in [3.63, 3.8) is 0 Å². The lowest BCUT2D eigenvalue weighted by atomic mass is 10.0. The first-order valence-corrected chi connectivity index (χ1v) is 9.58. The number of piperidine rings is 1. The molecule has 4 rings (SSSR count). The highest BCUT2D eigenvalue weighted by Crippen LogP contribution is 2.21. The molecule has 27 heavy (non-hydrogen) atoms. The van der Waals surface area contributed by atoms with Crippen LogP contribution in [-0.4, -0.2) is 34.9 Å². The van der Waals surface area contributed by atoms with Gasteiger partial charge in [-0.05, 0) is 61.4 Å². The fourth-order valence-electron chi connectivity index (χ4n) is 3.71. The largest absolute Gasteiger partial charge is 0.381 e. The van der Waals surface area contributed by atoms with Crippen molar-refractivity contribution in [1.29, 1.82) is 0 Å². The Morgan fingerprint density at radius 3 is 2.70 bits per heavy atom. The molecule has 4 nitrogen and oxygen atoms in total. The molecule has 0 aliphatic carbocycles. The van der Waals surface area contributed by atoms with Gasteiger partial charge >= 0.3 is 0 Å². The molecule has 2 aromatic carbocycles. The molecule has 1 fully saturated rings. The molecule has 1 amide bonds. The number of rotatable bonds is 3. The lowest BCUT2D eigenvalue weighted by Crippen LogP contribution is -2.45. The van der Waals surface area contributed by atoms with Gasteiger partial charge in [0.1, 0.15) is 5.69 Å². The number of pyridine rings is 1. The molecule has 1 N–H and O–H groups in total. The standard InChI is InChI=1S/C23H25N3O/c1-16-9-10-20(12-17(16)2)25-21-8-5-11-26(15-21)23(27)22-13-18-6-3-4-7-19(18)14-24-22/h3-4,6-7,9-10,12-14,21,25H,5,8,11,15H2,1-2H3. The molecule has 0 bridgehead atoms. The van der Waals surface area contributed by atoms with Crippen LogP contribution in [0.15, 0.2) is 54.7 Å². The van der Waals surface area contributed by atoms with Crippen LogP contribution in [0.1, 0.15) is 34.5 Å². The van der Waals surface area contributed by atoms with E-state index in [4.69, 9.17) is 0 Å². The van der Waals surface area contributed by atoms with E-state index in [-0.39, 0.29) is 11.9 Å². The summed E-state index contributed by atoms with van der Waals surface area (Å²) in [5.41, 5.74) is 4.23. The van der Waals surface area contributed by atoms with Crippen molar-refractivity contribution < 1.29 is 4.79 Å². The van der Waals surface area contributed by atoms with E-state index in [0.717, 1.165) is 35.8 Å². The maximum absolute atomic E-state index is 13.0. The second-order valence-corrected chi connectivity index (χ2v) is 7.45. The Morgan fingerprint density at radius 1 is 1.07 bits per heavy atom. The van der Waals surface area contributed by atoms with Crippen molar-refractivity contribution in [2.45, 2.75) is 32.7 Å². The monoisotopic (exact) mass is 359 g/mol. The number of amides is 1. The molecule has 1 aliphatic heterocycles. The quantitative estimate of drug-likeness (QED) is 0.745. The average Bonchev–Trinajstić information content (AvgIpc) is 2.70. The van der Waals surface area contributed by atoms with Gasteiger partial charge in [-0.2, -0.15) is 0 Å². The normalized spacial score (nSPS) is 17.1. The van der Waals surface area contributed by atoms with Gasteiger partial charge in [0.2, 0.25) is 0 Å².